The standard InChI is InChI=1S/C30H24FN5O3/c1-17-15-21(7-11-23(17)19-4-12-27(37)25(16-19)26-13-14-33-30(32)35-26)34-28(38)24-10-3-18(2)36(29(24)39)22-8-5-20(31)6-9-22/h3-16,37H,1-2H3,(H,34,38)(H2,32,33,35). The average Bonchev–Trinajstić information content (AvgIpc) is 2.90. The minimum atomic E-state index is -0.559. The molecule has 2 heterocycles. The number of pyridine rings is 1. The maximum atomic E-state index is 13.4. The SMILES string of the molecule is Cc1cc(NC(=O)c2ccc(C)n(-c3ccc(F)cc3)c2=O)ccc1-c1ccc(O)c(-c2ccnc(N)n2)c1. The van der Waals surface area contributed by atoms with Crippen LogP contribution in [0.2, 0.25) is 0 Å². The molecule has 0 atom stereocenters. The van der Waals surface area contributed by atoms with Gasteiger partial charge in [-0.05, 0) is 97.3 Å². The Balaban J connectivity index is 1.43. The van der Waals surface area contributed by atoms with Crippen LogP contribution in [0.5, 0.6) is 5.75 Å². The van der Waals surface area contributed by atoms with Crippen LogP contribution < -0.4 is 16.6 Å². The summed E-state index contributed by atoms with van der Waals surface area (Å²) < 4.78 is 14.8. The maximum Gasteiger partial charge on any atom is 0.268 e. The number of carbonyl (C=O) groups is 1. The van der Waals surface area contributed by atoms with Gasteiger partial charge in [0.2, 0.25) is 5.95 Å². The van der Waals surface area contributed by atoms with Gasteiger partial charge in [-0.3, -0.25) is 14.2 Å². The topological polar surface area (TPSA) is 123 Å². The van der Waals surface area contributed by atoms with Crippen LogP contribution in [0, 0.1) is 19.7 Å². The van der Waals surface area contributed by atoms with E-state index < -0.39 is 17.3 Å². The number of amides is 1. The molecule has 1 amide bonds. The summed E-state index contributed by atoms with van der Waals surface area (Å²) >= 11 is 0. The van der Waals surface area contributed by atoms with Gasteiger partial charge in [0.15, 0.2) is 0 Å². The average molecular weight is 522 g/mol. The van der Waals surface area contributed by atoms with E-state index in [4.69, 9.17) is 5.73 Å². The summed E-state index contributed by atoms with van der Waals surface area (Å²) in [5.41, 5.74) is 10.3. The molecule has 0 spiro atoms. The summed E-state index contributed by atoms with van der Waals surface area (Å²) in [5.74, 6) is -0.815. The van der Waals surface area contributed by atoms with Crippen molar-refractivity contribution in [2.24, 2.45) is 0 Å². The van der Waals surface area contributed by atoms with Crippen LogP contribution in [0.4, 0.5) is 16.0 Å². The van der Waals surface area contributed by atoms with E-state index in [0.717, 1.165) is 16.7 Å². The first-order valence-electron chi connectivity index (χ1n) is 12.0. The van der Waals surface area contributed by atoms with Gasteiger partial charge in [-0.25, -0.2) is 14.4 Å². The van der Waals surface area contributed by atoms with Crippen molar-refractivity contribution in [1.29, 1.82) is 0 Å². The van der Waals surface area contributed by atoms with E-state index in [1.807, 2.05) is 19.1 Å². The van der Waals surface area contributed by atoms with Crippen molar-refractivity contribution < 1.29 is 14.3 Å². The maximum absolute atomic E-state index is 13.4. The zero-order valence-electron chi connectivity index (χ0n) is 21.1. The molecule has 9 heteroatoms. The monoisotopic (exact) mass is 521 g/mol. The molecule has 8 nitrogen and oxygen atoms in total. The molecular formula is C30H24FN5O3. The van der Waals surface area contributed by atoms with Crippen LogP contribution in [0.3, 0.4) is 0 Å². The molecule has 0 saturated heterocycles. The summed E-state index contributed by atoms with van der Waals surface area (Å²) in [4.78, 5) is 34.4. The number of nitrogens with one attached hydrogen (secondary N) is 1. The number of aryl methyl sites for hydroxylation is 2. The molecule has 0 radical (unpaired) electrons. The Hall–Kier alpha value is -5.31. The van der Waals surface area contributed by atoms with Crippen LogP contribution in [0.25, 0.3) is 28.1 Å². The third-order valence-electron chi connectivity index (χ3n) is 6.35. The lowest BCUT2D eigenvalue weighted by molar-refractivity contribution is 0.102. The van der Waals surface area contributed by atoms with Crippen molar-refractivity contribution >= 4 is 17.5 Å². The molecule has 0 fully saturated rings. The number of nitrogen functional groups attached to an aromatic ring is 1. The summed E-state index contributed by atoms with van der Waals surface area (Å²) in [6, 6.07) is 20.9. The number of nitrogens with zero attached hydrogens (tertiary/aromatic N) is 3. The number of aromatic hydroxyl groups is 1. The Morgan fingerprint density at radius 1 is 0.949 bits per heavy atom. The fraction of sp³-hybridized carbons (Fsp3) is 0.0667. The molecule has 2 aromatic heterocycles. The van der Waals surface area contributed by atoms with Crippen LogP contribution in [0.1, 0.15) is 21.6 Å². The van der Waals surface area contributed by atoms with Gasteiger partial charge in [0, 0.05) is 28.8 Å². The minimum absolute atomic E-state index is 0.0426. The van der Waals surface area contributed by atoms with E-state index in [1.165, 1.54) is 41.1 Å². The highest BCUT2D eigenvalue weighted by Gasteiger charge is 2.16. The van der Waals surface area contributed by atoms with Gasteiger partial charge in [-0.2, -0.15) is 0 Å². The van der Waals surface area contributed by atoms with Crippen LogP contribution >= 0.6 is 0 Å². The van der Waals surface area contributed by atoms with E-state index in [0.29, 0.717) is 28.3 Å². The van der Waals surface area contributed by atoms with E-state index >= 15 is 0 Å². The lowest BCUT2D eigenvalue weighted by Gasteiger charge is -2.14. The molecule has 5 aromatic rings. The van der Waals surface area contributed by atoms with Crippen molar-refractivity contribution in [3.63, 3.8) is 0 Å². The second kappa shape index (κ2) is 10.2. The molecular weight excluding hydrogens is 497 g/mol. The molecule has 0 aliphatic carbocycles. The largest absolute Gasteiger partial charge is 0.507 e. The number of phenolic OH excluding ortho intramolecular Hbond substituents is 1. The first kappa shape index (κ1) is 25.3. The number of rotatable bonds is 5. The summed E-state index contributed by atoms with van der Waals surface area (Å²) in [6.07, 6.45) is 1.52. The van der Waals surface area contributed by atoms with Gasteiger partial charge < -0.3 is 16.2 Å². The highest BCUT2D eigenvalue weighted by molar-refractivity contribution is 6.04. The van der Waals surface area contributed by atoms with Gasteiger partial charge in [0.05, 0.1) is 5.69 Å². The van der Waals surface area contributed by atoms with E-state index in [9.17, 15) is 19.1 Å². The van der Waals surface area contributed by atoms with Crippen molar-refractivity contribution in [3.8, 4) is 33.8 Å². The van der Waals surface area contributed by atoms with Gasteiger partial charge in [0.1, 0.15) is 17.1 Å². The molecule has 0 unspecified atom stereocenters. The Morgan fingerprint density at radius 2 is 1.72 bits per heavy atom. The number of carbonyl (C=O) groups excluding carboxylic acids is 1. The van der Waals surface area contributed by atoms with Crippen molar-refractivity contribution in [3.05, 3.63) is 118 Å². The number of nitrogens with two attached hydrogens (primary N) is 1. The van der Waals surface area contributed by atoms with Crippen LogP contribution in [0.15, 0.2) is 89.9 Å². The lowest BCUT2D eigenvalue weighted by Crippen LogP contribution is -2.29. The summed E-state index contributed by atoms with van der Waals surface area (Å²) in [7, 11) is 0. The Kier molecular flexibility index (Phi) is 6.64. The fourth-order valence-corrected chi connectivity index (χ4v) is 4.41. The molecule has 3 aromatic carbocycles. The van der Waals surface area contributed by atoms with Gasteiger partial charge in [-0.1, -0.05) is 12.1 Å². The van der Waals surface area contributed by atoms with Crippen molar-refractivity contribution in [1.82, 2.24) is 14.5 Å². The lowest BCUT2D eigenvalue weighted by atomic mass is 9.97. The van der Waals surface area contributed by atoms with Gasteiger partial charge in [0.25, 0.3) is 11.5 Å². The Labute approximate surface area is 223 Å². The van der Waals surface area contributed by atoms with Crippen molar-refractivity contribution in [2.45, 2.75) is 13.8 Å². The smallest absolute Gasteiger partial charge is 0.268 e. The molecule has 0 aliphatic rings. The second-order valence-corrected chi connectivity index (χ2v) is 9.02. The van der Waals surface area contributed by atoms with E-state index in [1.54, 1.807) is 43.3 Å². The molecule has 5 rings (SSSR count). The quantitative estimate of drug-likeness (QED) is 0.290. The number of aromatic nitrogens is 3. The third kappa shape index (κ3) is 5.10. The van der Waals surface area contributed by atoms with Gasteiger partial charge in [-0.15, -0.1) is 0 Å². The first-order chi connectivity index (χ1) is 18.7. The van der Waals surface area contributed by atoms with Gasteiger partial charge >= 0.3 is 0 Å². The predicted octanol–water partition coefficient (Wildman–Crippen LogP) is 5.26. The number of hydrogen-bond acceptors (Lipinski definition) is 6. The molecule has 0 saturated carbocycles. The van der Waals surface area contributed by atoms with E-state index in [2.05, 4.69) is 15.3 Å². The predicted molar refractivity (Wildman–Crippen MR) is 148 cm³/mol. The normalized spacial score (nSPS) is 10.8. The molecule has 39 heavy (non-hydrogen) atoms. The third-order valence-corrected chi connectivity index (χ3v) is 6.35. The second-order valence-electron chi connectivity index (χ2n) is 9.02. The zero-order valence-corrected chi connectivity index (χ0v) is 21.1. The van der Waals surface area contributed by atoms with Crippen LogP contribution in [-0.4, -0.2) is 25.5 Å². The molecule has 0 bridgehead atoms. The summed E-state index contributed by atoms with van der Waals surface area (Å²) in [5, 5.41) is 13.2. The van der Waals surface area contributed by atoms with Crippen molar-refractivity contribution in [2.75, 3.05) is 11.1 Å². The zero-order chi connectivity index (χ0) is 27.7. The number of phenols is 1. The van der Waals surface area contributed by atoms with E-state index in [-0.39, 0.29) is 17.3 Å². The number of halogens is 1. The first-order valence-corrected chi connectivity index (χ1v) is 12.0. The Morgan fingerprint density at radius 3 is 2.44 bits per heavy atom. The molecule has 194 valence electrons. The number of anilines is 2. The molecule has 4 N–H and O–H groups in total. The molecule has 0 aliphatic heterocycles. The summed E-state index contributed by atoms with van der Waals surface area (Å²) in [6.45, 7) is 3.64. The number of hydrogen-bond donors (Lipinski definition) is 3. The van der Waals surface area contributed by atoms with Crippen LogP contribution in [-0.2, 0) is 0 Å². The Bertz CT molecular complexity index is 1780. The fourth-order valence-electron chi connectivity index (χ4n) is 4.41. The highest BCUT2D eigenvalue weighted by Crippen LogP contribution is 2.34. The number of benzene rings is 3. The minimum Gasteiger partial charge on any atom is -0.507 e. The highest BCUT2D eigenvalue weighted by atomic mass is 19.1.